The lowest BCUT2D eigenvalue weighted by atomic mass is 10.2. The van der Waals surface area contributed by atoms with Crippen molar-refractivity contribution < 1.29 is 32.5 Å². The quantitative estimate of drug-likeness (QED) is 0.310. The minimum Gasteiger partial charge on any atom is -0.508 e. The second-order valence-electron chi connectivity index (χ2n) is 8.73. The Morgan fingerprint density at radius 2 is 1.78 bits per heavy atom. The van der Waals surface area contributed by atoms with E-state index in [2.05, 4.69) is 36.0 Å². The van der Waals surface area contributed by atoms with Crippen molar-refractivity contribution in [2.24, 2.45) is 0 Å². The first-order valence-electron chi connectivity index (χ1n) is 11.1. The van der Waals surface area contributed by atoms with Crippen LogP contribution in [0.2, 0.25) is 0 Å². The van der Waals surface area contributed by atoms with Crippen molar-refractivity contribution in [1.82, 2.24) is 30.0 Å². The van der Waals surface area contributed by atoms with E-state index in [1.165, 1.54) is 23.0 Å². The second-order valence-corrected chi connectivity index (χ2v) is 8.73. The fraction of sp³-hybridized carbons (Fsp3) is 0.409. The third-order valence-electron chi connectivity index (χ3n) is 4.27. The average molecular weight is 525 g/mol. The summed E-state index contributed by atoms with van der Waals surface area (Å²) >= 11 is 0. The molecule has 0 saturated heterocycles. The molecule has 1 aromatic carbocycles. The zero-order valence-electron chi connectivity index (χ0n) is 20.3. The molecule has 0 bridgehead atoms. The molecule has 0 fully saturated rings. The highest BCUT2D eigenvalue weighted by atomic mass is 19.4. The van der Waals surface area contributed by atoms with Crippen LogP contribution in [0.3, 0.4) is 0 Å². The minimum absolute atomic E-state index is 0.0308. The maximum Gasteiger partial charge on any atom is 0.422 e. The van der Waals surface area contributed by atoms with E-state index in [0.717, 1.165) is 5.56 Å². The molecule has 0 aliphatic heterocycles. The lowest BCUT2D eigenvalue weighted by molar-refractivity contribution is -0.154. The Hall–Kier alpha value is -4.30. The number of nitrogens with zero attached hydrogens (tertiary/aromatic N) is 5. The Bertz CT molecular complexity index is 1180. The van der Waals surface area contributed by atoms with Gasteiger partial charge >= 0.3 is 18.3 Å². The Morgan fingerprint density at radius 3 is 2.46 bits per heavy atom. The Labute approximate surface area is 210 Å². The van der Waals surface area contributed by atoms with Crippen molar-refractivity contribution in [2.75, 3.05) is 23.8 Å². The van der Waals surface area contributed by atoms with Gasteiger partial charge < -0.3 is 30.5 Å². The number of aromatic nitrogens is 5. The van der Waals surface area contributed by atoms with Crippen LogP contribution in [0.5, 0.6) is 11.8 Å². The number of hydrogen-bond acceptors (Lipinski definition) is 10. The Kier molecular flexibility index (Phi) is 8.57. The summed E-state index contributed by atoms with van der Waals surface area (Å²) in [6.45, 7) is 4.51. The van der Waals surface area contributed by atoms with E-state index in [1.807, 2.05) is 0 Å². The minimum atomic E-state index is -4.58. The molecule has 0 radical (unpaired) electrons. The molecule has 2 aromatic heterocycles. The predicted octanol–water partition coefficient (Wildman–Crippen LogP) is 3.60. The first kappa shape index (κ1) is 27.3. The largest absolute Gasteiger partial charge is 0.508 e. The molecule has 3 rings (SSSR count). The highest BCUT2D eigenvalue weighted by Gasteiger charge is 2.29. The summed E-state index contributed by atoms with van der Waals surface area (Å²) in [5, 5.41) is 21.9. The highest BCUT2D eigenvalue weighted by molar-refractivity contribution is 5.67. The van der Waals surface area contributed by atoms with Gasteiger partial charge in [0.05, 0.1) is 18.4 Å². The number of benzene rings is 1. The van der Waals surface area contributed by atoms with Crippen molar-refractivity contribution in [3.05, 3.63) is 42.2 Å². The van der Waals surface area contributed by atoms with E-state index >= 15 is 0 Å². The average Bonchev–Trinajstić information content (AvgIpc) is 3.22. The number of halogens is 3. The lowest BCUT2D eigenvalue weighted by Gasteiger charge is -2.19. The summed E-state index contributed by atoms with van der Waals surface area (Å²) in [6.07, 6.45) is -2.08. The number of rotatable bonds is 10. The number of phenolic OH excluding ortho intramolecular Hbond substituents is 1. The van der Waals surface area contributed by atoms with Crippen LogP contribution in [0, 0.1) is 0 Å². The number of aromatic hydroxyl groups is 1. The summed E-state index contributed by atoms with van der Waals surface area (Å²) in [6, 6.07) is 5.79. The van der Waals surface area contributed by atoms with Crippen molar-refractivity contribution in [2.45, 2.75) is 45.6 Å². The van der Waals surface area contributed by atoms with Crippen molar-refractivity contribution in [3.63, 3.8) is 0 Å². The number of amides is 1. The number of alkyl carbamates (subject to hydrolysis) is 1. The summed E-state index contributed by atoms with van der Waals surface area (Å²) in [4.78, 5) is 23.7. The van der Waals surface area contributed by atoms with Crippen LogP contribution in [-0.4, -0.2) is 60.9 Å². The van der Waals surface area contributed by atoms with E-state index in [9.17, 15) is 23.1 Å². The van der Waals surface area contributed by atoms with Gasteiger partial charge in [-0.1, -0.05) is 12.1 Å². The van der Waals surface area contributed by atoms with Gasteiger partial charge in [0.1, 0.15) is 11.4 Å². The first-order chi connectivity index (χ1) is 17.3. The van der Waals surface area contributed by atoms with Crippen LogP contribution in [0.15, 0.2) is 36.7 Å². The molecule has 0 unspecified atom stereocenters. The number of anilines is 3. The van der Waals surface area contributed by atoms with E-state index in [4.69, 9.17) is 9.47 Å². The molecule has 37 heavy (non-hydrogen) atoms. The van der Waals surface area contributed by atoms with Crippen LogP contribution in [0.4, 0.5) is 35.5 Å². The molecule has 0 spiro atoms. The smallest absolute Gasteiger partial charge is 0.422 e. The maximum atomic E-state index is 12.6. The SMILES string of the molecule is CC(C)(C)OC(=O)NCCn1cc(Nc2nc(NCc3ccc(O)cc3)nc(OCC(F)(F)F)n2)cn1. The standard InChI is InChI=1S/C22H27F3N8O4/c1-21(2,3)37-20(35)26-8-9-33-12-15(11-28-33)29-18-30-17(27-10-14-4-6-16(34)7-5-14)31-19(32-18)36-13-22(23,24)25/h4-7,11-12,34H,8-10,13H2,1-3H3,(H,26,35)(H2,27,29,30,31,32). The number of hydrogen-bond donors (Lipinski definition) is 4. The zero-order valence-corrected chi connectivity index (χ0v) is 20.3. The molecule has 4 N–H and O–H groups in total. The van der Waals surface area contributed by atoms with E-state index in [1.54, 1.807) is 39.1 Å². The number of nitrogens with one attached hydrogen (secondary N) is 3. The van der Waals surface area contributed by atoms with Gasteiger partial charge in [-0.2, -0.15) is 33.2 Å². The van der Waals surface area contributed by atoms with Crippen LogP contribution < -0.4 is 20.7 Å². The first-order valence-corrected chi connectivity index (χ1v) is 11.1. The lowest BCUT2D eigenvalue weighted by Crippen LogP contribution is -2.34. The Balaban J connectivity index is 1.65. The summed E-state index contributed by atoms with van der Waals surface area (Å²) in [5.74, 6) is -0.0112. The van der Waals surface area contributed by atoms with Crippen molar-refractivity contribution in [3.8, 4) is 11.8 Å². The summed E-state index contributed by atoms with van der Waals surface area (Å²) in [7, 11) is 0. The molecule has 0 atom stereocenters. The van der Waals surface area contributed by atoms with Gasteiger partial charge in [0.25, 0.3) is 0 Å². The zero-order chi connectivity index (χ0) is 27.1. The molecule has 200 valence electrons. The molecule has 1 amide bonds. The maximum absolute atomic E-state index is 12.6. The van der Waals surface area contributed by atoms with Gasteiger partial charge in [-0.3, -0.25) is 4.68 Å². The fourth-order valence-electron chi connectivity index (χ4n) is 2.76. The number of phenols is 1. The van der Waals surface area contributed by atoms with Crippen LogP contribution >= 0.6 is 0 Å². The summed E-state index contributed by atoms with van der Waals surface area (Å²) < 4.78 is 49.3. The molecule has 0 aliphatic rings. The topological polar surface area (TPSA) is 148 Å². The highest BCUT2D eigenvalue weighted by Crippen LogP contribution is 2.20. The van der Waals surface area contributed by atoms with Crippen LogP contribution in [0.1, 0.15) is 26.3 Å². The number of alkyl halides is 3. The van der Waals surface area contributed by atoms with E-state index < -0.39 is 30.5 Å². The van der Waals surface area contributed by atoms with Gasteiger partial charge in [0.2, 0.25) is 11.9 Å². The Morgan fingerprint density at radius 1 is 1.08 bits per heavy atom. The second kappa shape index (κ2) is 11.6. The monoisotopic (exact) mass is 524 g/mol. The molecular weight excluding hydrogens is 497 g/mol. The van der Waals surface area contributed by atoms with Crippen LogP contribution in [-0.2, 0) is 17.8 Å². The molecule has 3 aromatic rings. The van der Waals surface area contributed by atoms with Crippen LogP contribution in [0.25, 0.3) is 0 Å². The van der Waals surface area contributed by atoms with Gasteiger partial charge in [0, 0.05) is 19.3 Å². The molecule has 0 saturated carbocycles. The normalized spacial score (nSPS) is 11.6. The van der Waals surface area contributed by atoms with Gasteiger partial charge in [-0.25, -0.2) is 4.79 Å². The van der Waals surface area contributed by atoms with Crippen molar-refractivity contribution in [1.29, 1.82) is 0 Å². The third kappa shape index (κ3) is 10.1. The fourth-order valence-corrected chi connectivity index (χ4v) is 2.76. The van der Waals surface area contributed by atoms with Gasteiger partial charge in [0.15, 0.2) is 6.61 Å². The third-order valence-corrected chi connectivity index (χ3v) is 4.27. The van der Waals surface area contributed by atoms with Gasteiger partial charge in [-0.15, -0.1) is 0 Å². The predicted molar refractivity (Wildman–Crippen MR) is 127 cm³/mol. The number of ether oxygens (including phenoxy) is 2. The van der Waals surface area contributed by atoms with Gasteiger partial charge in [-0.05, 0) is 38.5 Å². The number of carbonyl (C=O) groups excluding carboxylic acids is 1. The van der Waals surface area contributed by atoms with E-state index in [0.29, 0.717) is 12.2 Å². The van der Waals surface area contributed by atoms with E-state index in [-0.39, 0.29) is 30.7 Å². The molecular formula is C22H27F3N8O4. The van der Waals surface area contributed by atoms with Crippen molar-refractivity contribution >= 4 is 23.7 Å². The summed E-state index contributed by atoms with van der Waals surface area (Å²) in [5.41, 5.74) is 0.596. The molecule has 12 nitrogen and oxygen atoms in total. The molecule has 15 heteroatoms. The number of carbonyl (C=O) groups is 1. The molecule has 2 heterocycles. The molecule has 0 aliphatic carbocycles.